The van der Waals surface area contributed by atoms with Gasteiger partial charge < -0.3 is 14.7 Å². The van der Waals surface area contributed by atoms with Gasteiger partial charge in [0.15, 0.2) is 0 Å². The Bertz CT molecular complexity index is 730. The third kappa shape index (κ3) is 4.49. The standard InChI is InChI=1S/C18H18ClNO4/c1-12(18(22)23)20(2)17(21)11-13-5-3-4-6-16(13)24-15-9-7-14(19)8-10-15/h3-10,12H,11H2,1-2H3,(H,22,23). The van der Waals surface area contributed by atoms with Crippen molar-refractivity contribution in [2.24, 2.45) is 0 Å². The summed E-state index contributed by atoms with van der Waals surface area (Å²) in [6.45, 7) is 1.47. The number of likely N-dealkylation sites (N-methyl/N-ethyl adjacent to an activating group) is 1. The van der Waals surface area contributed by atoms with E-state index >= 15 is 0 Å². The largest absolute Gasteiger partial charge is 0.480 e. The molecule has 0 fully saturated rings. The van der Waals surface area contributed by atoms with Crippen LogP contribution in [-0.4, -0.2) is 35.0 Å². The van der Waals surface area contributed by atoms with Gasteiger partial charge in [0.1, 0.15) is 17.5 Å². The molecular weight excluding hydrogens is 330 g/mol. The zero-order valence-corrected chi connectivity index (χ0v) is 14.2. The molecule has 0 aliphatic carbocycles. The van der Waals surface area contributed by atoms with Crippen LogP contribution in [0, 0.1) is 0 Å². The van der Waals surface area contributed by atoms with Crippen LogP contribution < -0.4 is 4.74 Å². The van der Waals surface area contributed by atoms with Crippen LogP contribution >= 0.6 is 11.6 Å². The molecule has 5 nitrogen and oxygen atoms in total. The summed E-state index contributed by atoms with van der Waals surface area (Å²) >= 11 is 5.85. The van der Waals surface area contributed by atoms with Crippen molar-refractivity contribution in [3.63, 3.8) is 0 Å². The molecule has 2 aromatic carbocycles. The smallest absolute Gasteiger partial charge is 0.326 e. The summed E-state index contributed by atoms with van der Waals surface area (Å²) < 4.78 is 5.81. The highest BCUT2D eigenvalue weighted by Crippen LogP contribution is 2.27. The van der Waals surface area contributed by atoms with E-state index in [9.17, 15) is 9.59 Å². The number of carbonyl (C=O) groups is 2. The molecule has 0 aromatic heterocycles. The van der Waals surface area contributed by atoms with E-state index in [0.717, 1.165) is 0 Å². The molecule has 1 N–H and O–H groups in total. The fourth-order valence-corrected chi connectivity index (χ4v) is 2.17. The van der Waals surface area contributed by atoms with Gasteiger partial charge in [-0.05, 0) is 37.3 Å². The quantitative estimate of drug-likeness (QED) is 0.866. The molecule has 0 aliphatic rings. The van der Waals surface area contributed by atoms with E-state index < -0.39 is 12.0 Å². The van der Waals surface area contributed by atoms with E-state index in [1.54, 1.807) is 42.5 Å². The predicted octanol–water partition coefficient (Wildman–Crippen LogP) is 3.61. The summed E-state index contributed by atoms with van der Waals surface area (Å²) in [6, 6.07) is 13.2. The van der Waals surface area contributed by atoms with Crippen LogP contribution in [-0.2, 0) is 16.0 Å². The maximum absolute atomic E-state index is 12.3. The second kappa shape index (κ2) is 7.84. The van der Waals surface area contributed by atoms with Crippen LogP contribution in [0.4, 0.5) is 0 Å². The minimum absolute atomic E-state index is 0.0535. The normalized spacial score (nSPS) is 11.6. The maximum Gasteiger partial charge on any atom is 0.326 e. The summed E-state index contributed by atoms with van der Waals surface area (Å²) in [6.07, 6.45) is 0.0535. The van der Waals surface area contributed by atoms with E-state index in [0.29, 0.717) is 22.1 Å². The van der Waals surface area contributed by atoms with Crippen LogP contribution in [0.15, 0.2) is 48.5 Å². The molecule has 2 rings (SSSR count). The van der Waals surface area contributed by atoms with Crippen molar-refractivity contribution in [2.45, 2.75) is 19.4 Å². The van der Waals surface area contributed by atoms with Gasteiger partial charge >= 0.3 is 5.97 Å². The van der Waals surface area contributed by atoms with Gasteiger partial charge in [-0.15, -0.1) is 0 Å². The molecule has 0 bridgehead atoms. The van der Waals surface area contributed by atoms with Crippen molar-refractivity contribution in [3.05, 3.63) is 59.1 Å². The SMILES string of the molecule is CC(C(=O)O)N(C)C(=O)Cc1ccccc1Oc1ccc(Cl)cc1. The van der Waals surface area contributed by atoms with Crippen LogP contribution in [0.5, 0.6) is 11.5 Å². The minimum atomic E-state index is -1.04. The molecule has 0 heterocycles. The van der Waals surface area contributed by atoms with E-state index in [4.69, 9.17) is 21.4 Å². The monoisotopic (exact) mass is 347 g/mol. The zero-order valence-electron chi connectivity index (χ0n) is 13.4. The number of amides is 1. The van der Waals surface area contributed by atoms with Crippen molar-refractivity contribution in [1.82, 2.24) is 4.90 Å². The number of rotatable bonds is 6. The Morgan fingerprint density at radius 1 is 1.17 bits per heavy atom. The highest BCUT2D eigenvalue weighted by Gasteiger charge is 2.22. The number of ether oxygens (including phenoxy) is 1. The van der Waals surface area contributed by atoms with E-state index in [1.165, 1.54) is 18.9 Å². The zero-order chi connectivity index (χ0) is 17.7. The van der Waals surface area contributed by atoms with Crippen molar-refractivity contribution in [2.75, 3.05) is 7.05 Å². The molecule has 0 saturated carbocycles. The fraction of sp³-hybridized carbons (Fsp3) is 0.222. The van der Waals surface area contributed by atoms with E-state index in [1.807, 2.05) is 6.07 Å². The lowest BCUT2D eigenvalue weighted by atomic mass is 10.1. The fourth-order valence-electron chi connectivity index (χ4n) is 2.05. The lowest BCUT2D eigenvalue weighted by Crippen LogP contribution is -2.41. The second-order valence-corrected chi connectivity index (χ2v) is 5.80. The molecule has 1 amide bonds. The molecular formula is C18H18ClNO4. The highest BCUT2D eigenvalue weighted by atomic mass is 35.5. The third-order valence-electron chi connectivity index (χ3n) is 3.69. The van der Waals surface area contributed by atoms with Crippen LogP contribution in [0.2, 0.25) is 5.02 Å². The average Bonchev–Trinajstić information content (AvgIpc) is 2.57. The number of hydrogen-bond acceptors (Lipinski definition) is 3. The Morgan fingerprint density at radius 2 is 1.79 bits per heavy atom. The molecule has 0 saturated heterocycles. The topological polar surface area (TPSA) is 66.8 Å². The minimum Gasteiger partial charge on any atom is -0.480 e. The average molecular weight is 348 g/mol. The first kappa shape index (κ1) is 17.8. The van der Waals surface area contributed by atoms with Crippen molar-refractivity contribution in [3.8, 4) is 11.5 Å². The summed E-state index contributed by atoms with van der Waals surface area (Å²) in [7, 11) is 1.48. The molecule has 0 spiro atoms. The third-order valence-corrected chi connectivity index (χ3v) is 3.94. The van der Waals surface area contributed by atoms with Gasteiger partial charge in [0.25, 0.3) is 0 Å². The van der Waals surface area contributed by atoms with Gasteiger partial charge in [-0.2, -0.15) is 0 Å². The Hall–Kier alpha value is -2.53. The van der Waals surface area contributed by atoms with Gasteiger partial charge in [-0.1, -0.05) is 29.8 Å². The van der Waals surface area contributed by atoms with Crippen molar-refractivity contribution < 1.29 is 19.4 Å². The summed E-state index contributed by atoms with van der Waals surface area (Å²) in [4.78, 5) is 24.5. The number of carboxylic acid groups (broad SMARTS) is 1. The van der Waals surface area contributed by atoms with E-state index in [2.05, 4.69) is 0 Å². The molecule has 1 unspecified atom stereocenters. The number of nitrogens with zero attached hydrogens (tertiary/aromatic N) is 1. The Kier molecular flexibility index (Phi) is 5.82. The van der Waals surface area contributed by atoms with Crippen LogP contribution in [0.1, 0.15) is 12.5 Å². The number of para-hydroxylation sites is 1. The first-order valence-electron chi connectivity index (χ1n) is 7.38. The van der Waals surface area contributed by atoms with Gasteiger partial charge in [0, 0.05) is 17.6 Å². The van der Waals surface area contributed by atoms with Gasteiger partial charge in [-0.3, -0.25) is 4.79 Å². The first-order chi connectivity index (χ1) is 11.4. The lowest BCUT2D eigenvalue weighted by molar-refractivity contribution is -0.148. The van der Waals surface area contributed by atoms with Crippen LogP contribution in [0.25, 0.3) is 0 Å². The van der Waals surface area contributed by atoms with Gasteiger partial charge in [0.05, 0.1) is 6.42 Å². The Balaban J connectivity index is 2.15. The van der Waals surface area contributed by atoms with E-state index in [-0.39, 0.29) is 12.3 Å². The van der Waals surface area contributed by atoms with Crippen molar-refractivity contribution in [1.29, 1.82) is 0 Å². The molecule has 6 heteroatoms. The maximum atomic E-state index is 12.3. The molecule has 1 atom stereocenters. The van der Waals surface area contributed by atoms with Gasteiger partial charge in [0.2, 0.25) is 5.91 Å². The molecule has 126 valence electrons. The Morgan fingerprint density at radius 3 is 2.42 bits per heavy atom. The van der Waals surface area contributed by atoms with Crippen molar-refractivity contribution >= 4 is 23.5 Å². The number of halogens is 1. The molecule has 0 aliphatic heterocycles. The number of aliphatic carboxylic acids is 1. The van der Waals surface area contributed by atoms with Crippen LogP contribution in [0.3, 0.4) is 0 Å². The Labute approximate surface area is 145 Å². The molecule has 24 heavy (non-hydrogen) atoms. The number of carboxylic acids is 1. The predicted molar refractivity (Wildman–Crippen MR) is 91.5 cm³/mol. The molecule has 2 aromatic rings. The number of carbonyl (C=O) groups excluding carboxylic acids is 1. The highest BCUT2D eigenvalue weighted by molar-refractivity contribution is 6.30. The first-order valence-corrected chi connectivity index (χ1v) is 7.76. The summed E-state index contributed by atoms with van der Waals surface area (Å²) in [5, 5.41) is 9.62. The second-order valence-electron chi connectivity index (χ2n) is 5.36. The number of hydrogen-bond donors (Lipinski definition) is 1. The number of benzene rings is 2. The molecule has 0 radical (unpaired) electrons. The summed E-state index contributed by atoms with van der Waals surface area (Å²) in [5.74, 6) is -0.190. The summed E-state index contributed by atoms with van der Waals surface area (Å²) in [5.41, 5.74) is 0.682. The lowest BCUT2D eigenvalue weighted by Gasteiger charge is -2.22. The van der Waals surface area contributed by atoms with Gasteiger partial charge in [-0.25, -0.2) is 4.79 Å².